The van der Waals surface area contributed by atoms with E-state index in [-0.39, 0.29) is 35.4 Å². The Hall–Kier alpha value is -3.42. The van der Waals surface area contributed by atoms with Crippen molar-refractivity contribution in [2.75, 3.05) is 6.61 Å². The summed E-state index contributed by atoms with van der Waals surface area (Å²) in [4.78, 5) is 45.9. The first-order chi connectivity index (χ1) is 12.8. The minimum absolute atomic E-state index is 0.0579. The molecule has 0 radical (unpaired) electrons. The van der Waals surface area contributed by atoms with E-state index in [1.54, 1.807) is 6.92 Å². The van der Waals surface area contributed by atoms with Crippen LogP contribution in [0.5, 0.6) is 0 Å². The minimum Gasteiger partial charge on any atom is -0.457 e. The summed E-state index contributed by atoms with van der Waals surface area (Å²) in [6.07, 6.45) is -0.383. The summed E-state index contributed by atoms with van der Waals surface area (Å²) in [6.45, 7) is 0.967. The normalized spacial score (nSPS) is 10.3. The van der Waals surface area contributed by atoms with Crippen LogP contribution in [-0.2, 0) is 9.53 Å². The van der Waals surface area contributed by atoms with Crippen molar-refractivity contribution >= 4 is 23.2 Å². The van der Waals surface area contributed by atoms with Crippen molar-refractivity contribution in [3.8, 4) is 0 Å². The van der Waals surface area contributed by atoms with Gasteiger partial charge in [-0.15, -0.1) is 0 Å². The number of carbonyl (C=O) groups is 3. The summed E-state index contributed by atoms with van der Waals surface area (Å²) >= 11 is 0. The van der Waals surface area contributed by atoms with E-state index >= 15 is 0 Å². The lowest BCUT2D eigenvalue weighted by atomic mass is 10.1. The number of hydrogen-bond acceptors (Lipinski definition) is 6. The Balaban J connectivity index is 1.85. The number of ether oxygens (including phenoxy) is 1. The van der Waals surface area contributed by atoms with Gasteiger partial charge in [-0.25, -0.2) is 4.39 Å². The monoisotopic (exact) mass is 373 g/mol. The molecule has 0 aliphatic heterocycles. The zero-order valence-corrected chi connectivity index (χ0v) is 14.4. The van der Waals surface area contributed by atoms with Crippen LogP contribution in [0.15, 0.2) is 42.5 Å². The van der Waals surface area contributed by atoms with Crippen LogP contribution in [-0.4, -0.2) is 29.1 Å². The van der Waals surface area contributed by atoms with E-state index in [0.717, 1.165) is 18.2 Å². The molecular formula is C19H16FNO6. The highest BCUT2D eigenvalue weighted by Gasteiger charge is 2.17. The lowest BCUT2D eigenvalue weighted by Gasteiger charge is -2.05. The SMILES string of the molecule is Cc1ccc(C(=O)COC(=O)CCC(=O)c2ccc(F)cc2)cc1[N+](=O)[O-]. The van der Waals surface area contributed by atoms with Gasteiger partial charge in [0.1, 0.15) is 5.82 Å². The van der Waals surface area contributed by atoms with Crippen molar-refractivity contribution in [1.29, 1.82) is 0 Å². The lowest BCUT2D eigenvalue weighted by Crippen LogP contribution is -2.15. The Bertz CT molecular complexity index is 892. The molecule has 0 atom stereocenters. The molecule has 8 heteroatoms. The molecule has 0 aliphatic carbocycles. The summed E-state index contributed by atoms with van der Waals surface area (Å²) in [5, 5.41) is 10.9. The number of hydrogen-bond donors (Lipinski definition) is 0. The molecular weight excluding hydrogens is 357 g/mol. The molecule has 2 aromatic rings. The Morgan fingerprint density at radius 3 is 2.26 bits per heavy atom. The van der Waals surface area contributed by atoms with Gasteiger partial charge in [-0.05, 0) is 31.2 Å². The number of esters is 1. The maximum Gasteiger partial charge on any atom is 0.306 e. The highest BCUT2D eigenvalue weighted by Crippen LogP contribution is 2.19. The first-order valence-electron chi connectivity index (χ1n) is 8.00. The number of Topliss-reactive ketones (excluding diaryl/α,β-unsaturated/α-hetero) is 2. The van der Waals surface area contributed by atoms with Crippen molar-refractivity contribution < 1.29 is 28.4 Å². The van der Waals surface area contributed by atoms with Gasteiger partial charge in [0.15, 0.2) is 12.4 Å². The van der Waals surface area contributed by atoms with Gasteiger partial charge >= 0.3 is 5.97 Å². The van der Waals surface area contributed by atoms with E-state index in [0.29, 0.717) is 5.56 Å². The molecule has 140 valence electrons. The predicted octanol–water partition coefficient (Wildman–Crippen LogP) is 3.43. The Morgan fingerprint density at radius 2 is 1.63 bits per heavy atom. The molecule has 27 heavy (non-hydrogen) atoms. The standard InChI is InChI=1S/C19H16FNO6/c1-12-2-3-14(10-16(12)21(25)26)18(23)11-27-19(24)9-8-17(22)13-4-6-15(20)7-5-13/h2-7,10H,8-9,11H2,1H3. The molecule has 2 rings (SSSR count). The fourth-order valence-electron chi connectivity index (χ4n) is 2.28. The molecule has 7 nitrogen and oxygen atoms in total. The summed E-state index contributed by atoms with van der Waals surface area (Å²) in [5.74, 6) is -2.16. The van der Waals surface area contributed by atoms with Crippen LogP contribution >= 0.6 is 0 Å². The van der Waals surface area contributed by atoms with Crippen LogP contribution in [0.3, 0.4) is 0 Å². The van der Waals surface area contributed by atoms with Gasteiger partial charge in [-0.3, -0.25) is 24.5 Å². The molecule has 0 unspecified atom stereocenters. The number of rotatable bonds is 8. The van der Waals surface area contributed by atoms with Crippen molar-refractivity contribution in [3.05, 3.63) is 75.1 Å². The highest BCUT2D eigenvalue weighted by atomic mass is 19.1. The summed E-state index contributed by atoms with van der Waals surface area (Å²) in [7, 11) is 0. The molecule has 0 aliphatic rings. The maximum absolute atomic E-state index is 12.8. The quantitative estimate of drug-likeness (QED) is 0.304. The molecule has 0 aromatic heterocycles. The molecule has 0 saturated carbocycles. The molecule has 0 amide bonds. The fraction of sp³-hybridized carbons (Fsp3) is 0.211. The highest BCUT2D eigenvalue weighted by molar-refractivity contribution is 5.99. The average Bonchev–Trinajstić information content (AvgIpc) is 2.64. The van der Waals surface area contributed by atoms with Gasteiger partial charge < -0.3 is 4.74 Å². The van der Waals surface area contributed by atoms with E-state index in [1.165, 1.54) is 24.3 Å². The van der Waals surface area contributed by atoms with Gasteiger partial charge in [-0.2, -0.15) is 0 Å². The summed E-state index contributed by atoms with van der Waals surface area (Å²) in [6, 6.07) is 8.90. The number of nitro groups is 1. The fourth-order valence-corrected chi connectivity index (χ4v) is 2.28. The van der Waals surface area contributed by atoms with Crippen LogP contribution in [0.25, 0.3) is 0 Å². The molecule has 0 heterocycles. The number of carbonyl (C=O) groups excluding carboxylic acids is 3. The number of ketones is 2. The third kappa shape index (κ3) is 5.53. The van der Waals surface area contributed by atoms with Crippen molar-refractivity contribution in [1.82, 2.24) is 0 Å². The van der Waals surface area contributed by atoms with Crippen LogP contribution in [0.4, 0.5) is 10.1 Å². The molecule has 0 bridgehead atoms. The van der Waals surface area contributed by atoms with Gasteiger partial charge in [-0.1, -0.05) is 12.1 Å². The first kappa shape index (κ1) is 19.9. The van der Waals surface area contributed by atoms with Gasteiger partial charge in [0.25, 0.3) is 5.69 Å². The van der Waals surface area contributed by atoms with Gasteiger partial charge in [0.05, 0.1) is 11.3 Å². The maximum atomic E-state index is 12.8. The van der Waals surface area contributed by atoms with Crippen LogP contribution in [0, 0.1) is 22.9 Å². The van der Waals surface area contributed by atoms with Crippen molar-refractivity contribution in [3.63, 3.8) is 0 Å². The van der Waals surface area contributed by atoms with E-state index in [2.05, 4.69) is 0 Å². The van der Waals surface area contributed by atoms with Gasteiger partial charge in [0, 0.05) is 29.2 Å². The largest absolute Gasteiger partial charge is 0.457 e. The molecule has 0 spiro atoms. The van der Waals surface area contributed by atoms with Crippen LogP contribution < -0.4 is 0 Å². The lowest BCUT2D eigenvalue weighted by molar-refractivity contribution is -0.385. The summed E-state index contributed by atoms with van der Waals surface area (Å²) in [5.41, 5.74) is 0.541. The smallest absolute Gasteiger partial charge is 0.306 e. The number of benzene rings is 2. The minimum atomic E-state index is -0.750. The molecule has 0 N–H and O–H groups in total. The van der Waals surface area contributed by atoms with E-state index < -0.39 is 29.1 Å². The first-order valence-corrected chi connectivity index (χ1v) is 8.00. The van der Waals surface area contributed by atoms with Crippen LogP contribution in [0.1, 0.15) is 39.1 Å². The zero-order chi connectivity index (χ0) is 20.0. The number of aryl methyl sites for hydroxylation is 1. The Kier molecular flexibility index (Phi) is 6.48. The number of nitrogens with zero attached hydrogens (tertiary/aromatic N) is 1. The second-order valence-corrected chi connectivity index (χ2v) is 5.77. The van der Waals surface area contributed by atoms with Crippen molar-refractivity contribution in [2.24, 2.45) is 0 Å². The molecule has 2 aromatic carbocycles. The van der Waals surface area contributed by atoms with E-state index in [4.69, 9.17) is 4.74 Å². The third-order valence-corrected chi connectivity index (χ3v) is 3.81. The van der Waals surface area contributed by atoms with E-state index in [1.807, 2.05) is 0 Å². The number of nitro benzene ring substituents is 1. The second kappa shape index (κ2) is 8.79. The Morgan fingerprint density at radius 1 is 1.00 bits per heavy atom. The summed E-state index contributed by atoms with van der Waals surface area (Å²) < 4.78 is 17.6. The topological polar surface area (TPSA) is 104 Å². The average molecular weight is 373 g/mol. The Labute approximate surface area is 153 Å². The molecule has 0 fully saturated rings. The van der Waals surface area contributed by atoms with Crippen LogP contribution in [0.2, 0.25) is 0 Å². The second-order valence-electron chi connectivity index (χ2n) is 5.77. The van der Waals surface area contributed by atoms with Gasteiger partial charge in [0.2, 0.25) is 5.78 Å². The zero-order valence-electron chi connectivity index (χ0n) is 14.4. The van der Waals surface area contributed by atoms with Crippen molar-refractivity contribution in [2.45, 2.75) is 19.8 Å². The molecule has 0 saturated heterocycles. The number of halogens is 1. The predicted molar refractivity (Wildman–Crippen MR) is 93.1 cm³/mol. The van der Waals surface area contributed by atoms with E-state index in [9.17, 15) is 28.9 Å². The third-order valence-electron chi connectivity index (χ3n) is 3.81.